The zero-order valence-electron chi connectivity index (χ0n) is 8.87. The highest BCUT2D eigenvalue weighted by Crippen LogP contribution is 2.33. The number of H-pyrrole nitrogens is 1. The van der Waals surface area contributed by atoms with Crippen molar-refractivity contribution in [2.45, 2.75) is 12.3 Å². The van der Waals surface area contributed by atoms with Crippen molar-refractivity contribution < 1.29 is 22.7 Å². The second kappa shape index (κ2) is 4.41. The number of halogens is 4. The highest BCUT2D eigenvalue weighted by Gasteiger charge is 2.34. The van der Waals surface area contributed by atoms with Crippen molar-refractivity contribution in [3.8, 4) is 0 Å². The van der Waals surface area contributed by atoms with Gasteiger partial charge in [-0.2, -0.15) is 13.2 Å². The standard InChI is InChI=1S/C11H8F4N2O/c12-8-3-6(1-2-7(8)11(13,14)15)10(18)9-4-16-5-17-9/h1-5,10,18H,(H,16,17). The van der Waals surface area contributed by atoms with Crippen LogP contribution in [-0.4, -0.2) is 15.1 Å². The Hall–Kier alpha value is -1.89. The van der Waals surface area contributed by atoms with E-state index in [1.165, 1.54) is 12.5 Å². The lowest BCUT2D eigenvalue weighted by Gasteiger charge is -2.12. The maximum Gasteiger partial charge on any atom is 0.419 e. The van der Waals surface area contributed by atoms with Crippen molar-refractivity contribution in [2.24, 2.45) is 0 Å². The Bertz CT molecular complexity index is 536. The molecule has 0 bridgehead atoms. The van der Waals surface area contributed by atoms with Gasteiger partial charge in [0, 0.05) is 0 Å². The third-order valence-electron chi connectivity index (χ3n) is 2.43. The quantitative estimate of drug-likeness (QED) is 0.815. The molecule has 0 aliphatic rings. The van der Waals surface area contributed by atoms with Crippen molar-refractivity contribution in [1.82, 2.24) is 9.97 Å². The average Bonchev–Trinajstić information content (AvgIpc) is 2.79. The summed E-state index contributed by atoms with van der Waals surface area (Å²) in [5.41, 5.74) is -1.07. The molecule has 0 aliphatic carbocycles. The molecule has 0 saturated heterocycles. The number of hydrogen-bond donors (Lipinski definition) is 2. The summed E-state index contributed by atoms with van der Waals surface area (Å²) in [7, 11) is 0. The van der Waals surface area contributed by atoms with Gasteiger partial charge in [0.15, 0.2) is 0 Å². The van der Waals surface area contributed by atoms with Gasteiger partial charge >= 0.3 is 6.18 Å². The van der Waals surface area contributed by atoms with E-state index in [0.717, 1.165) is 6.07 Å². The van der Waals surface area contributed by atoms with E-state index in [1.54, 1.807) is 0 Å². The van der Waals surface area contributed by atoms with Gasteiger partial charge in [0.1, 0.15) is 11.9 Å². The van der Waals surface area contributed by atoms with Crippen LogP contribution in [0.4, 0.5) is 17.6 Å². The highest BCUT2D eigenvalue weighted by molar-refractivity contribution is 5.31. The minimum absolute atomic E-state index is 0.0183. The molecular formula is C11H8F4N2O. The predicted octanol–water partition coefficient (Wildman–Crippen LogP) is 2.65. The van der Waals surface area contributed by atoms with Crippen LogP contribution >= 0.6 is 0 Å². The van der Waals surface area contributed by atoms with Crippen molar-refractivity contribution in [3.63, 3.8) is 0 Å². The Morgan fingerprint density at radius 3 is 2.50 bits per heavy atom. The number of nitrogens with zero attached hydrogens (tertiary/aromatic N) is 1. The fourth-order valence-corrected chi connectivity index (χ4v) is 1.53. The average molecular weight is 260 g/mol. The molecule has 2 aromatic rings. The molecular weight excluding hydrogens is 252 g/mol. The van der Waals surface area contributed by atoms with Crippen LogP contribution in [-0.2, 0) is 6.18 Å². The van der Waals surface area contributed by atoms with Gasteiger partial charge in [0.2, 0.25) is 0 Å². The first-order chi connectivity index (χ1) is 8.39. The van der Waals surface area contributed by atoms with Gasteiger partial charge in [-0.25, -0.2) is 9.37 Å². The van der Waals surface area contributed by atoms with Crippen molar-refractivity contribution in [1.29, 1.82) is 0 Å². The highest BCUT2D eigenvalue weighted by atomic mass is 19.4. The van der Waals surface area contributed by atoms with Gasteiger partial charge in [-0.1, -0.05) is 6.07 Å². The van der Waals surface area contributed by atoms with Crippen LogP contribution in [0.25, 0.3) is 0 Å². The minimum Gasteiger partial charge on any atom is -0.382 e. The summed E-state index contributed by atoms with van der Waals surface area (Å²) >= 11 is 0. The van der Waals surface area contributed by atoms with Crippen molar-refractivity contribution in [3.05, 3.63) is 53.4 Å². The molecule has 96 valence electrons. The molecule has 0 amide bonds. The lowest BCUT2D eigenvalue weighted by atomic mass is 10.0. The molecule has 1 unspecified atom stereocenters. The fourth-order valence-electron chi connectivity index (χ4n) is 1.53. The smallest absolute Gasteiger partial charge is 0.382 e. The maximum atomic E-state index is 13.3. The second-order valence-electron chi connectivity index (χ2n) is 3.65. The summed E-state index contributed by atoms with van der Waals surface area (Å²) in [5, 5.41) is 9.78. The molecule has 2 rings (SSSR count). The largest absolute Gasteiger partial charge is 0.419 e. The second-order valence-corrected chi connectivity index (χ2v) is 3.65. The Labute approximate surface area is 99.1 Å². The Morgan fingerprint density at radius 2 is 2.00 bits per heavy atom. The zero-order chi connectivity index (χ0) is 13.3. The van der Waals surface area contributed by atoms with Crippen LogP contribution in [0.15, 0.2) is 30.7 Å². The first-order valence-electron chi connectivity index (χ1n) is 4.92. The van der Waals surface area contributed by atoms with Gasteiger partial charge in [-0.15, -0.1) is 0 Å². The van der Waals surface area contributed by atoms with E-state index >= 15 is 0 Å². The number of aliphatic hydroxyl groups is 1. The van der Waals surface area contributed by atoms with Crippen LogP contribution in [0.1, 0.15) is 22.9 Å². The maximum absolute atomic E-state index is 13.3. The molecule has 0 spiro atoms. The number of imidazole rings is 1. The van der Waals surface area contributed by atoms with E-state index in [1.807, 2.05) is 0 Å². The monoisotopic (exact) mass is 260 g/mol. The number of rotatable bonds is 2. The lowest BCUT2D eigenvalue weighted by Crippen LogP contribution is -2.09. The van der Waals surface area contributed by atoms with E-state index in [0.29, 0.717) is 12.1 Å². The molecule has 1 aromatic heterocycles. The number of aromatic nitrogens is 2. The number of aliphatic hydroxyl groups excluding tert-OH is 1. The first-order valence-corrected chi connectivity index (χ1v) is 4.92. The molecule has 1 heterocycles. The molecule has 0 saturated carbocycles. The molecule has 1 aromatic carbocycles. The van der Waals surface area contributed by atoms with Crippen LogP contribution < -0.4 is 0 Å². The summed E-state index contributed by atoms with van der Waals surface area (Å²) in [6, 6.07) is 2.29. The molecule has 1 atom stereocenters. The molecule has 3 nitrogen and oxygen atoms in total. The number of nitrogens with one attached hydrogen (secondary N) is 1. The molecule has 7 heteroatoms. The van der Waals surface area contributed by atoms with Crippen LogP contribution in [0.2, 0.25) is 0 Å². The van der Waals surface area contributed by atoms with Gasteiger partial charge in [0.05, 0.1) is 23.8 Å². The number of aromatic amines is 1. The van der Waals surface area contributed by atoms with Gasteiger partial charge in [-0.05, 0) is 17.7 Å². The molecule has 0 fully saturated rings. The normalized spacial score (nSPS) is 13.6. The number of hydrogen-bond acceptors (Lipinski definition) is 2. The Kier molecular flexibility index (Phi) is 3.08. The molecule has 0 aliphatic heterocycles. The SMILES string of the molecule is OC(c1ccc(C(F)(F)F)c(F)c1)c1cnc[nH]1. The van der Waals surface area contributed by atoms with Gasteiger partial charge in [-0.3, -0.25) is 0 Å². The van der Waals surface area contributed by atoms with E-state index in [2.05, 4.69) is 9.97 Å². The fraction of sp³-hybridized carbons (Fsp3) is 0.182. The summed E-state index contributed by atoms with van der Waals surface area (Å²) in [6.07, 6.45) is -3.38. The number of benzene rings is 1. The molecule has 0 radical (unpaired) electrons. The third-order valence-corrected chi connectivity index (χ3v) is 2.43. The van der Waals surface area contributed by atoms with Crippen LogP contribution in [0.5, 0.6) is 0 Å². The topological polar surface area (TPSA) is 48.9 Å². The predicted molar refractivity (Wildman–Crippen MR) is 54.1 cm³/mol. The van der Waals surface area contributed by atoms with E-state index in [4.69, 9.17) is 0 Å². The molecule has 18 heavy (non-hydrogen) atoms. The first kappa shape index (κ1) is 12.6. The van der Waals surface area contributed by atoms with E-state index in [-0.39, 0.29) is 11.3 Å². The van der Waals surface area contributed by atoms with Crippen LogP contribution in [0.3, 0.4) is 0 Å². The number of alkyl halides is 3. The van der Waals surface area contributed by atoms with Gasteiger partial charge < -0.3 is 10.1 Å². The van der Waals surface area contributed by atoms with Crippen LogP contribution in [0, 0.1) is 5.82 Å². The lowest BCUT2D eigenvalue weighted by molar-refractivity contribution is -0.140. The van der Waals surface area contributed by atoms with E-state index < -0.39 is 23.7 Å². The summed E-state index contributed by atoms with van der Waals surface area (Å²) in [6.45, 7) is 0. The summed E-state index contributed by atoms with van der Waals surface area (Å²) in [5.74, 6) is -1.42. The van der Waals surface area contributed by atoms with Crippen molar-refractivity contribution in [2.75, 3.05) is 0 Å². The zero-order valence-corrected chi connectivity index (χ0v) is 8.87. The van der Waals surface area contributed by atoms with Gasteiger partial charge in [0.25, 0.3) is 0 Å². The van der Waals surface area contributed by atoms with Crippen molar-refractivity contribution >= 4 is 0 Å². The minimum atomic E-state index is -4.75. The third kappa shape index (κ3) is 2.35. The summed E-state index contributed by atoms with van der Waals surface area (Å²) in [4.78, 5) is 6.25. The van der Waals surface area contributed by atoms with E-state index in [9.17, 15) is 22.7 Å². The summed E-state index contributed by atoms with van der Waals surface area (Å²) < 4.78 is 50.3. The Balaban J connectivity index is 2.35. The molecule has 2 N–H and O–H groups in total. The Morgan fingerprint density at radius 1 is 1.28 bits per heavy atom.